The van der Waals surface area contributed by atoms with Gasteiger partial charge in [-0.1, -0.05) is 76.6 Å². The summed E-state index contributed by atoms with van der Waals surface area (Å²) in [7, 11) is 2.94. The molecule has 488 valence electrons. The Hall–Kier alpha value is -6.14. The Morgan fingerprint density at radius 1 is 0.820 bits per heavy atom. The quantitative estimate of drug-likeness (QED) is 0.0850. The van der Waals surface area contributed by atoms with Crippen LogP contribution in [0, 0.1) is 42.4 Å². The van der Waals surface area contributed by atoms with E-state index in [9.17, 15) is 39.3 Å². The number of methoxy groups -OCH3 is 2. The number of nitrogens with one attached hydrogen (secondary N) is 1. The van der Waals surface area contributed by atoms with Crippen LogP contribution in [-0.2, 0) is 47.7 Å². The van der Waals surface area contributed by atoms with Gasteiger partial charge >= 0.3 is 5.97 Å². The zero-order valence-corrected chi connectivity index (χ0v) is 54.3. The summed E-state index contributed by atoms with van der Waals surface area (Å²) in [6.45, 7) is 21.2. The fraction of sp³-hybridized carbons (Fsp3) is 0.672. The maximum atomic E-state index is 14.8. The van der Waals surface area contributed by atoms with Crippen molar-refractivity contribution in [2.45, 2.75) is 207 Å². The van der Waals surface area contributed by atoms with Gasteiger partial charge in [-0.25, -0.2) is 24.7 Å². The number of amides is 1. The van der Waals surface area contributed by atoms with Crippen LogP contribution in [0.4, 0.5) is 11.9 Å². The molecule has 7 heterocycles. The number of aromatic nitrogens is 6. The molecule has 22 heteroatoms. The standard InChI is InChI=1S/C67H97N9O13/c1-38(2)76-46(10)70-57-56(72-66(73-62(57)76)74-26-28-87-29-27-74)48-36-68-65(69-37-48)71-50-34-49-23-21-45(9)67(84,89-49)61(81)63(82)75-25-17-16-20-51(75)64(83)88-54(42(6)32-47-22-24-52(77)55(33-47)85-11)35-53(78)41(5)31-44(8)59(80)60(86-12)58(79)43(7)30-39(3)18-14-13-15-19-40(50)4/h13-15,18-19,31,36-39,41-43,45,47,49-52,54-55,59-60,77,80,84H,16-17,20-30,32-35H2,1-12H3,(H,68,69,71)/b15-13+,18-14+,40-19-,44-31+/t39-,41-,42?,43-,45-,47-,49+,50-,51?,52-,54+,55-,59-,60+,67-/m1/s1. The van der Waals surface area contributed by atoms with E-state index < -0.39 is 83.8 Å². The first kappa shape index (κ1) is 68.8. The van der Waals surface area contributed by atoms with Gasteiger partial charge in [-0.2, -0.15) is 4.98 Å². The number of anilines is 2. The molecule has 15 atom stereocenters. The van der Waals surface area contributed by atoms with E-state index in [0.29, 0.717) is 118 Å². The van der Waals surface area contributed by atoms with Gasteiger partial charge in [0.25, 0.3) is 11.7 Å². The van der Waals surface area contributed by atoms with Crippen molar-refractivity contribution in [3.05, 3.63) is 65.8 Å². The Kier molecular flexibility index (Phi) is 23.8. The molecule has 4 fully saturated rings. The number of carbonyl (C=O) groups is 5. The Bertz CT molecular complexity index is 3080. The molecule has 89 heavy (non-hydrogen) atoms. The maximum Gasteiger partial charge on any atom is 0.329 e. The first-order valence-electron chi connectivity index (χ1n) is 32.2. The van der Waals surface area contributed by atoms with E-state index in [2.05, 4.69) is 28.6 Å². The molecule has 1 saturated carbocycles. The molecule has 2 unspecified atom stereocenters. The van der Waals surface area contributed by atoms with Crippen molar-refractivity contribution >= 4 is 52.3 Å². The number of aliphatic hydroxyl groups excluding tert-OH is 2. The predicted molar refractivity (Wildman–Crippen MR) is 336 cm³/mol. The van der Waals surface area contributed by atoms with Crippen molar-refractivity contribution in [2.75, 3.05) is 57.3 Å². The summed E-state index contributed by atoms with van der Waals surface area (Å²) < 4.78 is 31.8. The second kappa shape index (κ2) is 30.8. The average Bonchev–Trinajstić information content (AvgIpc) is 2.04. The number of Topliss-reactive ketones (excluding diaryl/α,β-unsaturated/α-hetero) is 3. The zero-order valence-electron chi connectivity index (χ0n) is 54.3. The second-order valence-corrected chi connectivity index (χ2v) is 26.1. The molecule has 1 aliphatic carbocycles. The average molecular weight is 1240 g/mol. The minimum Gasteiger partial charge on any atom is -0.460 e. The van der Waals surface area contributed by atoms with Gasteiger partial charge in [-0.15, -0.1) is 0 Å². The van der Waals surface area contributed by atoms with E-state index in [4.69, 9.17) is 48.6 Å². The lowest BCUT2D eigenvalue weighted by atomic mass is 9.78. The van der Waals surface area contributed by atoms with Crippen molar-refractivity contribution in [2.24, 2.45) is 35.5 Å². The Morgan fingerprint density at radius 3 is 2.25 bits per heavy atom. The third kappa shape index (κ3) is 16.5. The van der Waals surface area contributed by atoms with E-state index in [1.807, 2.05) is 65.0 Å². The first-order chi connectivity index (χ1) is 42.4. The Morgan fingerprint density at radius 2 is 1.55 bits per heavy atom. The number of hydrogen-bond acceptors (Lipinski definition) is 20. The molecule has 4 N–H and O–H groups in total. The van der Waals surface area contributed by atoms with Crippen LogP contribution in [0.15, 0.2) is 60.0 Å². The molecule has 3 aromatic rings. The molecule has 2 bridgehead atoms. The number of aryl methyl sites for hydroxylation is 1. The monoisotopic (exact) mass is 1240 g/mol. The van der Waals surface area contributed by atoms with Crippen molar-refractivity contribution < 1.29 is 63.0 Å². The van der Waals surface area contributed by atoms with Crippen LogP contribution >= 0.6 is 0 Å². The number of fused-ring (bicyclic) bond motifs is 4. The lowest BCUT2D eigenvalue weighted by Gasteiger charge is -2.43. The summed E-state index contributed by atoms with van der Waals surface area (Å²) >= 11 is 0. The van der Waals surface area contributed by atoms with E-state index in [0.717, 1.165) is 11.4 Å². The number of cyclic esters (lactones) is 1. The molecule has 0 radical (unpaired) electrons. The number of hydrogen-bond donors (Lipinski definition) is 4. The van der Waals surface area contributed by atoms with Gasteiger partial charge < -0.3 is 58.7 Å². The Balaban J connectivity index is 1.11. The normalized spacial score (nSPS) is 33.8. The number of aliphatic hydroxyl groups is 3. The molecule has 1 amide bonds. The van der Waals surface area contributed by atoms with Crippen LogP contribution in [0.1, 0.15) is 151 Å². The number of morpholine rings is 1. The molecule has 5 aliphatic rings. The molecular weight excluding hydrogens is 1140 g/mol. The van der Waals surface area contributed by atoms with Gasteiger partial charge in [-0.05, 0) is 129 Å². The molecule has 3 saturated heterocycles. The van der Waals surface area contributed by atoms with Gasteiger partial charge in [-0.3, -0.25) is 19.2 Å². The first-order valence-corrected chi connectivity index (χ1v) is 32.2. The van der Waals surface area contributed by atoms with Crippen LogP contribution in [0.3, 0.4) is 0 Å². The summed E-state index contributed by atoms with van der Waals surface area (Å²) in [6, 6.07) is -1.65. The number of carbonyl (C=O) groups excluding carboxylic acids is 5. The summed E-state index contributed by atoms with van der Waals surface area (Å²) in [6.07, 6.45) is 14.2. The van der Waals surface area contributed by atoms with Gasteiger partial charge in [0.15, 0.2) is 11.4 Å². The number of ketones is 3. The second-order valence-electron chi connectivity index (χ2n) is 26.1. The van der Waals surface area contributed by atoms with Gasteiger partial charge in [0.05, 0.1) is 37.6 Å². The Labute approximate surface area is 524 Å². The van der Waals surface area contributed by atoms with Crippen molar-refractivity contribution in [1.82, 2.24) is 34.4 Å². The fourth-order valence-electron chi connectivity index (χ4n) is 13.5. The number of imidazole rings is 1. The lowest BCUT2D eigenvalue weighted by molar-refractivity contribution is -0.263. The van der Waals surface area contributed by atoms with Crippen LogP contribution < -0.4 is 10.2 Å². The lowest BCUT2D eigenvalue weighted by Crippen LogP contribution is -2.61. The largest absolute Gasteiger partial charge is 0.460 e. The van der Waals surface area contributed by atoms with Crippen LogP contribution in [0.2, 0.25) is 0 Å². The number of rotatable bonds is 10. The van der Waals surface area contributed by atoms with E-state index >= 15 is 0 Å². The van der Waals surface area contributed by atoms with Gasteiger partial charge in [0, 0.05) is 82.0 Å². The van der Waals surface area contributed by atoms with Crippen LogP contribution in [0.25, 0.3) is 22.4 Å². The molecule has 22 nitrogen and oxygen atoms in total. The SMILES string of the molecule is CO[C@@H]1C[C@@H](CC(C)[C@@H]2CC(=O)[C@H](C)/C=C(\C)[C@@H](O)[C@@H](OC)C(=O)[C@H](C)C[C@H](C)/C=C/C=C/C=C(/C)[C@H](Nc3ncc(-c4nc(N5CCOCC5)nc5c4nc(C)n5C(C)C)cn3)C[C@@H]3CC[C@@H](C)[C@@](O)(O3)C(=O)C(=O)N3CCCCC3C(=O)O2)CC[C@H]1O. The minimum atomic E-state index is -2.54. The summed E-state index contributed by atoms with van der Waals surface area (Å²) in [4.78, 5) is 100. The summed E-state index contributed by atoms with van der Waals surface area (Å²) in [5, 5.41) is 38.2. The number of esters is 1. The van der Waals surface area contributed by atoms with Crippen molar-refractivity contribution in [3.63, 3.8) is 0 Å². The topological polar surface area (TPSA) is 280 Å². The molecule has 4 aliphatic heterocycles. The highest BCUT2D eigenvalue weighted by molar-refractivity contribution is 6.39. The number of nitrogens with zero attached hydrogens (tertiary/aromatic N) is 8. The molecular formula is C67H97N9O13. The number of ether oxygens (including phenoxy) is 5. The molecule has 0 aromatic carbocycles. The van der Waals surface area contributed by atoms with E-state index in [1.165, 1.54) is 12.0 Å². The third-order valence-corrected chi connectivity index (χ3v) is 19.0. The van der Waals surface area contributed by atoms with Gasteiger partial charge in [0.1, 0.15) is 47.2 Å². The third-order valence-electron chi connectivity index (χ3n) is 19.0. The smallest absolute Gasteiger partial charge is 0.329 e. The maximum absolute atomic E-state index is 14.8. The highest BCUT2D eigenvalue weighted by Gasteiger charge is 2.53. The van der Waals surface area contributed by atoms with Crippen molar-refractivity contribution in [1.29, 1.82) is 0 Å². The number of piperidine rings is 1. The zero-order chi connectivity index (χ0) is 64.4. The highest BCUT2D eigenvalue weighted by Crippen LogP contribution is 2.39. The predicted octanol–water partition coefficient (Wildman–Crippen LogP) is 7.97. The molecule has 8 rings (SSSR count). The minimum absolute atomic E-state index is 0.0434. The van der Waals surface area contributed by atoms with Crippen molar-refractivity contribution in [3.8, 4) is 11.3 Å². The number of allylic oxidation sites excluding steroid dienone is 6. The summed E-state index contributed by atoms with van der Waals surface area (Å²) in [5.74, 6) is -6.89. The fourth-order valence-corrected chi connectivity index (χ4v) is 13.5. The molecule has 0 spiro atoms. The van der Waals surface area contributed by atoms with Crippen LogP contribution in [0.5, 0.6) is 0 Å². The highest BCUT2D eigenvalue weighted by atomic mass is 16.6. The van der Waals surface area contributed by atoms with Gasteiger partial charge in [0.2, 0.25) is 17.7 Å². The molecule has 3 aromatic heterocycles. The van der Waals surface area contributed by atoms with Crippen LogP contribution in [-0.4, -0.2) is 180 Å². The van der Waals surface area contributed by atoms with E-state index in [-0.39, 0.29) is 73.2 Å². The van der Waals surface area contributed by atoms with E-state index in [1.54, 1.807) is 46.4 Å². The summed E-state index contributed by atoms with van der Waals surface area (Å²) in [5.41, 5.74) is 3.75.